The minimum atomic E-state index is -0.152. The average molecular weight is 309 g/mol. The molecule has 2 heterocycles. The van der Waals surface area contributed by atoms with Crippen molar-refractivity contribution in [3.63, 3.8) is 0 Å². The molecular weight excluding hydrogens is 294 g/mol. The van der Waals surface area contributed by atoms with Crippen LogP contribution in [0.15, 0.2) is 60.1 Å². The highest BCUT2D eigenvalue weighted by Crippen LogP contribution is 2.21. The molecule has 0 radical (unpaired) electrons. The number of aromatic nitrogens is 2. The number of carbonyl (C=O) groups excluding carboxylic acids is 1. The monoisotopic (exact) mass is 309 g/mol. The summed E-state index contributed by atoms with van der Waals surface area (Å²) in [5, 5.41) is 5.92. The van der Waals surface area contributed by atoms with Crippen LogP contribution >= 0.6 is 11.3 Å². The molecule has 0 saturated heterocycles. The molecule has 0 aliphatic rings. The van der Waals surface area contributed by atoms with Crippen molar-refractivity contribution in [2.75, 3.05) is 6.54 Å². The Balaban J connectivity index is 1.55. The van der Waals surface area contributed by atoms with Gasteiger partial charge < -0.3 is 5.32 Å². The second-order valence-corrected chi connectivity index (χ2v) is 5.66. The van der Waals surface area contributed by atoms with E-state index >= 15 is 0 Å². The number of nitrogens with one attached hydrogen (secondary N) is 1. The molecule has 1 N–H and O–H groups in total. The van der Waals surface area contributed by atoms with E-state index in [9.17, 15) is 4.79 Å². The number of benzene rings is 1. The third-order valence-corrected chi connectivity index (χ3v) is 4.05. The van der Waals surface area contributed by atoms with Gasteiger partial charge in [0.2, 0.25) is 0 Å². The topological polar surface area (TPSA) is 54.9 Å². The predicted octanol–water partition coefficient (Wildman–Crippen LogP) is 3.18. The molecule has 0 bridgehead atoms. The number of carbonyl (C=O) groups is 1. The van der Waals surface area contributed by atoms with Crippen LogP contribution in [0.4, 0.5) is 0 Å². The zero-order valence-electron chi connectivity index (χ0n) is 11.9. The average Bonchev–Trinajstić information content (AvgIpc) is 3.05. The van der Waals surface area contributed by atoms with Gasteiger partial charge in [-0.3, -0.25) is 9.78 Å². The number of amides is 1. The first kappa shape index (κ1) is 14.4. The smallest absolute Gasteiger partial charge is 0.269 e. The molecule has 22 heavy (non-hydrogen) atoms. The van der Waals surface area contributed by atoms with E-state index in [1.807, 2.05) is 35.7 Å². The van der Waals surface area contributed by atoms with Crippen LogP contribution in [0.1, 0.15) is 15.5 Å². The lowest BCUT2D eigenvalue weighted by Gasteiger charge is -2.02. The fraction of sp³-hybridized carbons (Fsp3) is 0.118. The number of hydrogen-bond donors (Lipinski definition) is 1. The summed E-state index contributed by atoms with van der Waals surface area (Å²) in [6, 6.07) is 15.4. The highest BCUT2D eigenvalue weighted by atomic mass is 32.1. The largest absolute Gasteiger partial charge is 0.350 e. The highest BCUT2D eigenvalue weighted by Gasteiger charge is 2.07. The fourth-order valence-electron chi connectivity index (χ4n) is 2.04. The summed E-state index contributed by atoms with van der Waals surface area (Å²) in [6.45, 7) is 0.553. The highest BCUT2D eigenvalue weighted by molar-refractivity contribution is 7.09. The molecule has 5 heteroatoms. The summed E-state index contributed by atoms with van der Waals surface area (Å²) < 4.78 is 0. The van der Waals surface area contributed by atoms with Gasteiger partial charge in [0.1, 0.15) is 5.69 Å². The molecule has 0 unspecified atom stereocenters. The lowest BCUT2D eigenvalue weighted by atomic mass is 10.2. The van der Waals surface area contributed by atoms with Crippen molar-refractivity contribution in [2.24, 2.45) is 0 Å². The third-order valence-electron chi connectivity index (χ3n) is 3.14. The van der Waals surface area contributed by atoms with E-state index in [4.69, 9.17) is 0 Å². The van der Waals surface area contributed by atoms with Crippen molar-refractivity contribution in [1.82, 2.24) is 15.3 Å². The van der Waals surface area contributed by atoms with Crippen molar-refractivity contribution < 1.29 is 4.79 Å². The zero-order chi connectivity index (χ0) is 15.2. The molecule has 0 atom stereocenters. The van der Waals surface area contributed by atoms with Crippen LogP contribution < -0.4 is 5.32 Å². The van der Waals surface area contributed by atoms with Crippen LogP contribution in [0.3, 0.4) is 0 Å². The van der Waals surface area contributed by atoms with Gasteiger partial charge >= 0.3 is 0 Å². The second-order valence-electron chi connectivity index (χ2n) is 4.71. The van der Waals surface area contributed by atoms with Gasteiger partial charge in [0.25, 0.3) is 5.91 Å². The van der Waals surface area contributed by atoms with Crippen LogP contribution in [-0.2, 0) is 6.42 Å². The van der Waals surface area contributed by atoms with Gasteiger partial charge in [0, 0.05) is 30.1 Å². The van der Waals surface area contributed by atoms with E-state index in [0.29, 0.717) is 12.2 Å². The minimum absolute atomic E-state index is 0.152. The maximum Gasteiger partial charge on any atom is 0.269 e. The van der Waals surface area contributed by atoms with Gasteiger partial charge in [0.05, 0.1) is 10.7 Å². The summed E-state index contributed by atoms with van der Waals surface area (Å²) in [5.74, 6) is -0.152. The van der Waals surface area contributed by atoms with E-state index in [1.165, 1.54) is 0 Å². The molecule has 2 aromatic heterocycles. The van der Waals surface area contributed by atoms with Gasteiger partial charge in [-0.05, 0) is 12.1 Å². The van der Waals surface area contributed by atoms with Gasteiger partial charge in [-0.25, -0.2) is 4.98 Å². The Labute approximate surface area is 132 Å². The second kappa shape index (κ2) is 6.95. The van der Waals surface area contributed by atoms with E-state index in [1.54, 1.807) is 35.7 Å². The van der Waals surface area contributed by atoms with Gasteiger partial charge in [-0.2, -0.15) is 0 Å². The molecule has 3 rings (SSSR count). The number of thiazole rings is 1. The Hall–Kier alpha value is -2.53. The van der Waals surface area contributed by atoms with Gasteiger partial charge in [-0.15, -0.1) is 11.3 Å². The zero-order valence-corrected chi connectivity index (χ0v) is 12.7. The van der Waals surface area contributed by atoms with E-state index < -0.39 is 0 Å². The number of nitrogens with zero attached hydrogens (tertiary/aromatic N) is 2. The number of rotatable bonds is 5. The summed E-state index contributed by atoms with van der Waals surface area (Å²) in [4.78, 5) is 20.5. The van der Waals surface area contributed by atoms with Crippen LogP contribution in [0.2, 0.25) is 0 Å². The van der Waals surface area contributed by atoms with Crippen molar-refractivity contribution in [3.8, 4) is 11.3 Å². The maximum absolute atomic E-state index is 11.9. The van der Waals surface area contributed by atoms with Crippen LogP contribution in [-0.4, -0.2) is 22.4 Å². The lowest BCUT2D eigenvalue weighted by Crippen LogP contribution is -2.26. The van der Waals surface area contributed by atoms with Gasteiger partial charge in [-0.1, -0.05) is 36.4 Å². The first-order chi connectivity index (χ1) is 10.8. The normalized spacial score (nSPS) is 10.4. The van der Waals surface area contributed by atoms with Crippen molar-refractivity contribution in [1.29, 1.82) is 0 Å². The minimum Gasteiger partial charge on any atom is -0.350 e. The Morgan fingerprint density at radius 1 is 1.09 bits per heavy atom. The first-order valence-corrected chi connectivity index (χ1v) is 7.90. The fourth-order valence-corrected chi connectivity index (χ4v) is 2.85. The van der Waals surface area contributed by atoms with Crippen molar-refractivity contribution in [2.45, 2.75) is 6.42 Å². The Bertz CT molecular complexity index is 741. The summed E-state index contributed by atoms with van der Waals surface area (Å²) in [7, 11) is 0. The molecule has 0 saturated carbocycles. The number of hydrogen-bond acceptors (Lipinski definition) is 4. The molecule has 1 amide bonds. The third kappa shape index (κ3) is 3.56. The van der Waals surface area contributed by atoms with Crippen molar-refractivity contribution >= 4 is 17.2 Å². The quantitative estimate of drug-likeness (QED) is 0.787. The SMILES string of the molecule is O=C(NCCc1nc(-c2ccccc2)cs1)c1ccccn1. The van der Waals surface area contributed by atoms with Crippen LogP contribution in [0.25, 0.3) is 11.3 Å². The summed E-state index contributed by atoms with van der Waals surface area (Å²) in [6.07, 6.45) is 2.33. The van der Waals surface area contributed by atoms with E-state index in [2.05, 4.69) is 15.3 Å². The van der Waals surface area contributed by atoms with E-state index in [0.717, 1.165) is 22.7 Å². The molecule has 0 fully saturated rings. The predicted molar refractivity (Wildman–Crippen MR) is 87.8 cm³/mol. The molecule has 4 nitrogen and oxygen atoms in total. The Morgan fingerprint density at radius 3 is 2.68 bits per heavy atom. The van der Waals surface area contributed by atoms with E-state index in [-0.39, 0.29) is 5.91 Å². The Kier molecular flexibility index (Phi) is 4.56. The lowest BCUT2D eigenvalue weighted by molar-refractivity contribution is 0.0949. The molecule has 0 aliphatic carbocycles. The molecule has 0 spiro atoms. The molecule has 3 aromatic rings. The number of pyridine rings is 1. The Morgan fingerprint density at radius 2 is 1.91 bits per heavy atom. The van der Waals surface area contributed by atoms with Gasteiger partial charge in [0.15, 0.2) is 0 Å². The first-order valence-electron chi connectivity index (χ1n) is 7.02. The standard InChI is InChI=1S/C17H15N3OS/c21-17(14-8-4-5-10-18-14)19-11-9-16-20-15(12-22-16)13-6-2-1-3-7-13/h1-8,10,12H,9,11H2,(H,19,21). The molecular formula is C17H15N3OS. The molecule has 110 valence electrons. The summed E-state index contributed by atoms with van der Waals surface area (Å²) in [5.41, 5.74) is 2.53. The van der Waals surface area contributed by atoms with Crippen molar-refractivity contribution in [3.05, 3.63) is 70.8 Å². The molecule has 1 aromatic carbocycles. The van der Waals surface area contributed by atoms with Crippen LogP contribution in [0, 0.1) is 0 Å². The van der Waals surface area contributed by atoms with Crippen LogP contribution in [0.5, 0.6) is 0 Å². The summed E-state index contributed by atoms with van der Waals surface area (Å²) >= 11 is 1.61. The molecule has 0 aliphatic heterocycles. The maximum atomic E-state index is 11.9.